The number of carbonyl (C=O) groups excluding carboxylic acids is 3. The van der Waals surface area contributed by atoms with Gasteiger partial charge in [0.25, 0.3) is 0 Å². The van der Waals surface area contributed by atoms with Gasteiger partial charge in [0, 0.05) is 38.6 Å². The largest absolute Gasteiger partial charge is 0.444 e. The molecule has 3 fully saturated rings. The Hall–Kier alpha value is -3.09. The van der Waals surface area contributed by atoms with Crippen LogP contribution < -0.4 is 0 Å². The van der Waals surface area contributed by atoms with E-state index in [1.54, 1.807) is 14.7 Å². The summed E-state index contributed by atoms with van der Waals surface area (Å²) in [7, 11) is 0. The molecule has 3 aliphatic heterocycles. The highest BCUT2D eigenvalue weighted by molar-refractivity contribution is 5.76. The molecule has 1 aromatic rings. The Balaban J connectivity index is 1.39. The maximum Gasteiger partial charge on any atom is 0.410 e. The van der Waals surface area contributed by atoms with Crippen molar-refractivity contribution < 1.29 is 33.5 Å². The standard InChI is InChI=1S/C25H40N6O7/c1-24(2,3)37-22(33)28-12-9-16(10-13-28)29(23(34)38-25(4,5)6)14-11-19-26-27-20(36-19)18-8-7-17-15-30(18)21(32)31(17)35/h16-18,35H,7-15H2,1-6H3/t17-,18+/m1/s1. The molecule has 4 heterocycles. The van der Waals surface area contributed by atoms with Crippen molar-refractivity contribution in [3.05, 3.63) is 11.8 Å². The number of fused-ring (bicyclic) bond motifs is 2. The molecule has 2 atom stereocenters. The van der Waals surface area contributed by atoms with Crippen LogP contribution in [0.2, 0.25) is 0 Å². The molecule has 0 spiro atoms. The second-order valence-corrected chi connectivity index (χ2v) is 12.2. The summed E-state index contributed by atoms with van der Waals surface area (Å²) in [4.78, 5) is 42.8. The Morgan fingerprint density at radius 1 is 1.03 bits per heavy atom. The number of hydroxylamine groups is 2. The van der Waals surface area contributed by atoms with Crippen LogP contribution in [0.5, 0.6) is 0 Å². The number of aromatic nitrogens is 2. The van der Waals surface area contributed by atoms with Crippen molar-refractivity contribution in [2.75, 3.05) is 26.2 Å². The maximum absolute atomic E-state index is 13.1. The van der Waals surface area contributed by atoms with E-state index in [2.05, 4.69) is 10.2 Å². The van der Waals surface area contributed by atoms with Gasteiger partial charge in [-0.25, -0.2) is 19.4 Å². The van der Waals surface area contributed by atoms with Gasteiger partial charge in [0.1, 0.15) is 17.2 Å². The number of likely N-dealkylation sites (tertiary alicyclic amines) is 1. The van der Waals surface area contributed by atoms with E-state index in [0.717, 1.165) is 5.06 Å². The van der Waals surface area contributed by atoms with Crippen LogP contribution >= 0.6 is 0 Å². The van der Waals surface area contributed by atoms with Crippen LogP contribution in [0.1, 0.15) is 85.0 Å². The summed E-state index contributed by atoms with van der Waals surface area (Å²) in [6.07, 6.45) is 1.97. The average Bonchev–Trinajstić information content (AvgIpc) is 3.37. The van der Waals surface area contributed by atoms with Gasteiger partial charge in [-0.1, -0.05) is 0 Å². The van der Waals surface area contributed by atoms with Crippen molar-refractivity contribution in [3.63, 3.8) is 0 Å². The normalized spacial score (nSPS) is 22.6. The smallest absolute Gasteiger partial charge is 0.410 e. The molecule has 212 valence electrons. The van der Waals surface area contributed by atoms with Gasteiger partial charge in [0.15, 0.2) is 0 Å². The van der Waals surface area contributed by atoms with Crippen molar-refractivity contribution in [2.45, 2.75) is 103 Å². The third-order valence-corrected chi connectivity index (χ3v) is 6.86. The Morgan fingerprint density at radius 3 is 2.32 bits per heavy atom. The number of ether oxygens (including phenoxy) is 2. The lowest BCUT2D eigenvalue weighted by Crippen LogP contribution is -2.51. The van der Waals surface area contributed by atoms with Crippen molar-refractivity contribution in [1.82, 2.24) is 30.0 Å². The fourth-order valence-electron chi connectivity index (χ4n) is 5.06. The Bertz CT molecular complexity index is 1020. The molecule has 13 nitrogen and oxygen atoms in total. The summed E-state index contributed by atoms with van der Waals surface area (Å²) in [5, 5.41) is 19.0. The lowest BCUT2D eigenvalue weighted by atomic mass is 10.0. The highest BCUT2D eigenvalue weighted by Gasteiger charge is 2.46. The Labute approximate surface area is 223 Å². The van der Waals surface area contributed by atoms with Crippen molar-refractivity contribution in [3.8, 4) is 0 Å². The lowest BCUT2D eigenvalue weighted by Gasteiger charge is -2.39. The molecular formula is C25H40N6O7. The molecule has 4 rings (SSSR count). The monoisotopic (exact) mass is 536 g/mol. The molecule has 1 N–H and O–H groups in total. The topological polar surface area (TPSA) is 142 Å². The summed E-state index contributed by atoms with van der Waals surface area (Å²) < 4.78 is 17.1. The first-order valence-corrected chi connectivity index (χ1v) is 13.3. The summed E-state index contributed by atoms with van der Waals surface area (Å²) in [5.74, 6) is 0.686. The van der Waals surface area contributed by atoms with E-state index in [1.807, 2.05) is 41.5 Å². The Morgan fingerprint density at radius 2 is 1.68 bits per heavy atom. The molecule has 13 heteroatoms. The van der Waals surface area contributed by atoms with E-state index >= 15 is 0 Å². The fourth-order valence-corrected chi connectivity index (χ4v) is 5.06. The molecule has 3 saturated heterocycles. The van der Waals surface area contributed by atoms with E-state index in [0.29, 0.717) is 70.1 Å². The third kappa shape index (κ3) is 6.48. The summed E-state index contributed by atoms with van der Waals surface area (Å²) in [6.45, 7) is 12.6. The van der Waals surface area contributed by atoms with Gasteiger partial charge >= 0.3 is 18.2 Å². The lowest BCUT2D eigenvalue weighted by molar-refractivity contribution is -0.0584. The molecule has 0 aromatic carbocycles. The number of hydrogen-bond donors (Lipinski definition) is 1. The molecular weight excluding hydrogens is 496 g/mol. The molecule has 0 saturated carbocycles. The predicted molar refractivity (Wildman–Crippen MR) is 133 cm³/mol. The average molecular weight is 537 g/mol. The van der Waals surface area contributed by atoms with Gasteiger partial charge < -0.3 is 28.6 Å². The highest BCUT2D eigenvalue weighted by atomic mass is 16.6. The van der Waals surface area contributed by atoms with Gasteiger partial charge in [-0.15, -0.1) is 10.2 Å². The first kappa shape index (κ1) is 27.9. The fraction of sp³-hybridized carbons (Fsp3) is 0.800. The van der Waals surface area contributed by atoms with Gasteiger partial charge in [-0.3, -0.25) is 5.21 Å². The third-order valence-electron chi connectivity index (χ3n) is 6.86. The number of piperidine rings is 2. The second kappa shape index (κ2) is 10.6. The van der Waals surface area contributed by atoms with Gasteiger partial charge in [0.2, 0.25) is 11.8 Å². The minimum Gasteiger partial charge on any atom is -0.444 e. The van der Waals surface area contributed by atoms with Crippen LogP contribution in [0.25, 0.3) is 0 Å². The van der Waals surface area contributed by atoms with Crippen molar-refractivity contribution in [2.24, 2.45) is 0 Å². The SMILES string of the molecule is CC(C)(C)OC(=O)N1CCC(N(CCc2nnc([C@@H]3CC[C@@H]4CN3C(=O)N4O)o2)C(=O)OC(C)(C)C)CC1. The van der Waals surface area contributed by atoms with Gasteiger partial charge in [0.05, 0.1) is 6.04 Å². The number of carbonyl (C=O) groups is 3. The zero-order valence-electron chi connectivity index (χ0n) is 23.2. The zero-order chi connectivity index (χ0) is 27.8. The molecule has 4 amide bonds. The van der Waals surface area contributed by atoms with Crippen LogP contribution in [-0.2, 0) is 15.9 Å². The number of urea groups is 1. The van der Waals surface area contributed by atoms with E-state index in [1.165, 1.54) is 0 Å². The number of hydrogen-bond acceptors (Lipinski definition) is 9. The highest BCUT2D eigenvalue weighted by Crippen LogP contribution is 2.37. The summed E-state index contributed by atoms with van der Waals surface area (Å²) in [5.41, 5.74) is -1.23. The van der Waals surface area contributed by atoms with Crippen LogP contribution in [0.3, 0.4) is 0 Å². The Kier molecular flexibility index (Phi) is 7.78. The second-order valence-electron chi connectivity index (χ2n) is 12.2. The van der Waals surface area contributed by atoms with Crippen LogP contribution in [0.4, 0.5) is 14.4 Å². The molecule has 0 aliphatic carbocycles. The molecule has 0 radical (unpaired) electrons. The number of nitrogens with zero attached hydrogens (tertiary/aromatic N) is 6. The first-order chi connectivity index (χ1) is 17.7. The summed E-state index contributed by atoms with van der Waals surface area (Å²) >= 11 is 0. The van der Waals surface area contributed by atoms with E-state index < -0.39 is 23.3 Å². The first-order valence-electron chi connectivity index (χ1n) is 13.3. The van der Waals surface area contributed by atoms with Crippen molar-refractivity contribution >= 4 is 18.2 Å². The number of rotatable bonds is 5. The maximum atomic E-state index is 13.1. The van der Waals surface area contributed by atoms with E-state index in [-0.39, 0.29) is 24.2 Å². The molecule has 1 aromatic heterocycles. The molecule has 38 heavy (non-hydrogen) atoms. The quantitative estimate of drug-likeness (QED) is 0.559. The van der Waals surface area contributed by atoms with Crippen molar-refractivity contribution in [1.29, 1.82) is 0 Å². The number of amides is 4. The van der Waals surface area contributed by atoms with Gasteiger partial charge in [-0.2, -0.15) is 0 Å². The molecule has 0 unspecified atom stereocenters. The zero-order valence-corrected chi connectivity index (χ0v) is 23.2. The summed E-state index contributed by atoms with van der Waals surface area (Å²) in [6, 6.07) is -1.16. The van der Waals surface area contributed by atoms with E-state index in [9.17, 15) is 19.6 Å². The van der Waals surface area contributed by atoms with Gasteiger partial charge in [-0.05, 0) is 67.2 Å². The minimum atomic E-state index is -0.661. The minimum absolute atomic E-state index is 0.126. The molecule has 2 bridgehead atoms. The predicted octanol–water partition coefficient (Wildman–Crippen LogP) is 3.58. The van der Waals surface area contributed by atoms with Crippen LogP contribution in [0.15, 0.2) is 4.42 Å². The molecule has 3 aliphatic rings. The van der Waals surface area contributed by atoms with Crippen LogP contribution in [0, 0.1) is 0 Å². The van der Waals surface area contributed by atoms with Crippen LogP contribution in [-0.4, -0.2) is 103 Å². The van der Waals surface area contributed by atoms with E-state index in [4.69, 9.17) is 13.9 Å².